The molecule has 0 aliphatic heterocycles. The first-order chi connectivity index (χ1) is 14.6. The fourth-order valence-electron chi connectivity index (χ4n) is 5.26. The van der Waals surface area contributed by atoms with Crippen LogP contribution in [-0.4, -0.2) is 0 Å². The Kier molecular flexibility index (Phi) is 9.63. The van der Waals surface area contributed by atoms with Crippen molar-refractivity contribution in [3.05, 3.63) is 77.9 Å². The Morgan fingerprint density at radius 3 is 2.03 bits per heavy atom. The van der Waals surface area contributed by atoms with Gasteiger partial charge in [0.15, 0.2) is 0 Å². The van der Waals surface area contributed by atoms with Gasteiger partial charge in [0.25, 0.3) is 0 Å². The molecule has 0 amide bonds. The fourth-order valence-corrected chi connectivity index (χ4v) is 5.26. The molecular formula is C30H42. The van der Waals surface area contributed by atoms with Crippen LogP contribution in [0.15, 0.2) is 61.2 Å². The molecule has 162 valence electrons. The average molecular weight is 403 g/mol. The molecule has 0 heteroatoms. The Balaban J connectivity index is 2.44. The van der Waals surface area contributed by atoms with E-state index < -0.39 is 0 Å². The lowest BCUT2D eigenvalue weighted by atomic mass is 9.63. The molecule has 0 aromatic heterocycles. The molecule has 0 aliphatic rings. The minimum Gasteiger partial charge on any atom is -0.0991 e. The number of allylic oxidation sites excluding steroid dienone is 2. The van der Waals surface area contributed by atoms with E-state index in [0.717, 1.165) is 5.92 Å². The lowest BCUT2D eigenvalue weighted by Crippen LogP contribution is -2.35. The summed E-state index contributed by atoms with van der Waals surface area (Å²) in [7, 11) is 0. The first-order valence-corrected chi connectivity index (χ1v) is 12.1. The van der Waals surface area contributed by atoms with Crippen LogP contribution in [-0.2, 0) is 5.41 Å². The lowest BCUT2D eigenvalue weighted by molar-refractivity contribution is 0.206. The predicted octanol–water partition coefficient (Wildman–Crippen LogP) is 9.53. The van der Waals surface area contributed by atoms with Crippen LogP contribution < -0.4 is 0 Å². The Morgan fingerprint density at radius 2 is 1.50 bits per heavy atom. The second-order valence-corrected chi connectivity index (χ2v) is 8.78. The van der Waals surface area contributed by atoms with Gasteiger partial charge in [-0.1, -0.05) is 108 Å². The maximum Gasteiger partial charge on any atom is -0.00215 e. The van der Waals surface area contributed by atoms with Gasteiger partial charge in [-0.2, -0.15) is 0 Å². The second-order valence-electron chi connectivity index (χ2n) is 8.78. The van der Waals surface area contributed by atoms with Crippen LogP contribution in [0.5, 0.6) is 0 Å². The minimum absolute atomic E-state index is 0.310. The predicted molar refractivity (Wildman–Crippen MR) is 136 cm³/mol. The van der Waals surface area contributed by atoms with Gasteiger partial charge in [0, 0.05) is 0 Å². The number of hydrogen-bond donors (Lipinski definition) is 0. The Labute approximate surface area is 186 Å². The van der Waals surface area contributed by atoms with Gasteiger partial charge in [-0.15, -0.1) is 0 Å². The highest BCUT2D eigenvalue weighted by atomic mass is 14.4. The molecule has 0 bridgehead atoms. The van der Waals surface area contributed by atoms with E-state index in [2.05, 4.69) is 89.7 Å². The first-order valence-electron chi connectivity index (χ1n) is 12.1. The van der Waals surface area contributed by atoms with Gasteiger partial charge in [0.2, 0.25) is 0 Å². The summed E-state index contributed by atoms with van der Waals surface area (Å²) in [6.45, 7) is 15.4. The van der Waals surface area contributed by atoms with Crippen molar-refractivity contribution in [1.29, 1.82) is 0 Å². The maximum absolute atomic E-state index is 3.80. The normalized spacial score (nSPS) is 13.7. The third-order valence-electron chi connectivity index (χ3n) is 6.87. The van der Waals surface area contributed by atoms with Crippen molar-refractivity contribution in [3.63, 3.8) is 0 Å². The largest absolute Gasteiger partial charge is 0.0991 e. The maximum atomic E-state index is 3.80. The molecule has 0 radical (unpaired) electrons. The van der Waals surface area contributed by atoms with Crippen molar-refractivity contribution in [1.82, 2.24) is 0 Å². The summed E-state index contributed by atoms with van der Waals surface area (Å²) in [6, 6.07) is 16.3. The van der Waals surface area contributed by atoms with Crippen LogP contribution in [0.2, 0.25) is 0 Å². The molecule has 0 heterocycles. The topological polar surface area (TPSA) is 0 Å². The zero-order valence-electron chi connectivity index (χ0n) is 20.0. The molecule has 0 spiro atoms. The number of hydrogen-bond acceptors (Lipinski definition) is 0. The van der Waals surface area contributed by atoms with Gasteiger partial charge < -0.3 is 0 Å². The smallest absolute Gasteiger partial charge is 0.00215 e. The average Bonchev–Trinajstić information content (AvgIpc) is 2.77. The van der Waals surface area contributed by atoms with Crippen molar-refractivity contribution < 1.29 is 0 Å². The van der Waals surface area contributed by atoms with E-state index in [4.69, 9.17) is 0 Å². The number of aryl methyl sites for hydroxylation is 1. The first kappa shape index (κ1) is 24.2. The van der Waals surface area contributed by atoms with Crippen molar-refractivity contribution in [2.75, 3.05) is 0 Å². The molecule has 2 rings (SSSR count). The molecule has 0 nitrogen and oxygen atoms in total. The monoisotopic (exact) mass is 402 g/mol. The Bertz CT molecular complexity index is 802. The molecular weight excluding hydrogens is 360 g/mol. The van der Waals surface area contributed by atoms with Gasteiger partial charge in [-0.3, -0.25) is 0 Å². The van der Waals surface area contributed by atoms with Crippen molar-refractivity contribution in [3.8, 4) is 11.1 Å². The van der Waals surface area contributed by atoms with Gasteiger partial charge >= 0.3 is 0 Å². The zero-order chi connectivity index (χ0) is 22.0. The summed E-state index contributed by atoms with van der Waals surface area (Å²) in [5, 5.41) is 0. The van der Waals surface area contributed by atoms with Crippen molar-refractivity contribution in [2.45, 2.75) is 85.0 Å². The summed E-state index contributed by atoms with van der Waals surface area (Å²) >= 11 is 0. The standard InChI is InChI=1S/C30H42/c1-7-12-15-26-23-27(17-16-24(26)6)25-18-20-29(21-19-25)30(11-5,22-10-4)28(13-8-2)14-9-3/h7,12,15-21,23,28H,1,8-11,13-14,22H2,2-6H3/b15-12-. The molecule has 30 heavy (non-hydrogen) atoms. The van der Waals surface area contributed by atoms with E-state index in [1.165, 1.54) is 67.2 Å². The third-order valence-corrected chi connectivity index (χ3v) is 6.87. The molecule has 0 saturated carbocycles. The van der Waals surface area contributed by atoms with Gasteiger partial charge in [-0.25, -0.2) is 0 Å². The van der Waals surface area contributed by atoms with E-state index in [1.54, 1.807) is 5.56 Å². The molecule has 2 aromatic carbocycles. The Hall–Kier alpha value is -2.08. The molecule has 0 fully saturated rings. The highest BCUT2D eigenvalue weighted by Crippen LogP contribution is 2.45. The number of benzene rings is 2. The molecule has 0 aliphatic carbocycles. The van der Waals surface area contributed by atoms with Crippen LogP contribution in [0.3, 0.4) is 0 Å². The molecule has 0 N–H and O–H groups in total. The van der Waals surface area contributed by atoms with Gasteiger partial charge in [0.05, 0.1) is 0 Å². The molecule has 1 unspecified atom stereocenters. The van der Waals surface area contributed by atoms with Crippen LogP contribution in [0, 0.1) is 12.8 Å². The summed E-state index contributed by atoms with van der Waals surface area (Å²) in [6.07, 6.45) is 15.0. The fraction of sp³-hybridized carbons (Fsp3) is 0.467. The van der Waals surface area contributed by atoms with Crippen LogP contribution >= 0.6 is 0 Å². The highest BCUT2D eigenvalue weighted by Gasteiger charge is 2.36. The van der Waals surface area contributed by atoms with Crippen molar-refractivity contribution in [2.24, 2.45) is 5.92 Å². The SMILES string of the molecule is C=C/C=C\c1cc(-c2ccc(C(CC)(CCC)C(CCC)CCC)cc2)ccc1C. The summed E-state index contributed by atoms with van der Waals surface area (Å²) in [4.78, 5) is 0. The summed E-state index contributed by atoms with van der Waals surface area (Å²) < 4.78 is 0. The van der Waals surface area contributed by atoms with E-state index in [-0.39, 0.29) is 0 Å². The zero-order valence-corrected chi connectivity index (χ0v) is 20.0. The second kappa shape index (κ2) is 11.9. The molecule has 1 atom stereocenters. The van der Waals surface area contributed by atoms with Gasteiger partial charge in [0.1, 0.15) is 0 Å². The third kappa shape index (κ3) is 5.54. The van der Waals surface area contributed by atoms with Crippen LogP contribution in [0.4, 0.5) is 0 Å². The molecule has 2 aromatic rings. The van der Waals surface area contributed by atoms with Crippen molar-refractivity contribution >= 4 is 6.08 Å². The summed E-state index contributed by atoms with van der Waals surface area (Å²) in [5.74, 6) is 0.776. The Morgan fingerprint density at radius 1 is 0.867 bits per heavy atom. The van der Waals surface area contributed by atoms with E-state index in [9.17, 15) is 0 Å². The minimum atomic E-state index is 0.310. The highest BCUT2D eigenvalue weighted by molar-refractivity contribution is 5.69. The number of rotatable bonds is 12. The molecule has 0 saturated heterocycles. The van der Waals surface area contributed by atoms with Crippen LogP contribution in [0.25, 0.3) is 17.2 Å². The van der Waals surface area contributed by atoms with Gasteiger partial charge in [-0.05, 0) is 77.8 Å². The quantitative estimate of drug-likeness (QED) is 0.310. The lowest BCUT2D eigenvalue weighted by Gasteiger charge is -2.41. The summed E-state index contributed by atoms with van der Waals surface area (Å²) in [5.41, 5.74) is 6.99. The van der Waals surface area contributed by atoms with Crippen LogP contribution in [0.1, 0.15) is 89.3 Å². The van der Waals surface area contributed by atoms with E-state index >= 15 is 0 Å². The van der Waals surface area contributed by atoms with E-state index in [1.807, 2.05) is 12.2 Å². The van der Waals surface area contributed by atoms with E-state index in [0.29, 0.717) is 5.41 Å².